The summed E-state index contributed by atoms with van der Waals surface area (Å²) in [5, 5.41) is 15.9. The van der Waals surface area contributed by atoms with E-state index >= 15 is 0 Å². The average molecular weight is 317 g/mol. The molecular weight excluding hydrogens is 298 g/mol. The Labute approximate surface area is 133 Å². The topological polar surface area (TPSA) is 93.5 Å². The lowest BCUT2D eigenvalue weighted by Crippen LogP contribution is -2.35. The first-order valence-corrected chi connectivity index (χ1v) is 7.03. The van der Waals surface area contributed by atoms with Crippen LogP contribution in [0, 0.1) is 0 Å². The summed E-state index contributed by atoms with van der Waals surface area (Å²) in [6.45, 7) is 3.05. The van der Waals surface area contributed by atoms with Gasteiger partial charge in [-0.15, -0.1) is 0 Å². The van der Waals surface area contributed by atoms with Gasteiger partial charge in [0.1, 0.15) is 0 Å². The van der Waals surface area contributed by atoms with Gasteiger partial charge in [-0.1, -0.05) is 30.3 Å². The van der Waals surface area contributed by atoms with Crippen molar-refractivity contribution in [3.63, 3.8) is 0 Å². The fourth-order valence-corrected chi connectivity index (χ4v) is 2.02. The lowest BCUT2D eigenvalue weighted by molar-refractivity contribution is -0.146. The van der Waals surface area contributed by atoms with Crippen LogP contribution in [0.15, 0.2) is 42.7 Å². The van der Waals surface area contributed by atoms with Crippen LogP contribution in [0.25, 0.3) is 0 Å². The van der Waals surface area contributed by atoms with Crippen molar-refractivity contribution in [3.05, 3.63) is 48.3 Å². The SMILES string of the molecule is CO[C@@H](C(=O)Nc1cnn(C(C)(C)C(=O)O)c1)c1ccccc1. The molecule has 2 rings (SSSR count). The number of anilines is 1. The van der Waals surface area contributed by atoms with Crippen molar-refractivity contribution in [2.75, 3.05) is 12.4 Å². The normalized spacial score (nSPS) is 12.7. The molecule has 1 heterocycles. The average Bonchev–Trinajstić information content (AvgIpc) is 2.98. The molecule has 23 heavy (non-hydrogen) atoms. The number of aromatic nitrogens is 2. The number of aliphatic carboxylic acids is 1. The summed E-state index contributed by atoms with van der Waals surface area (Å²) >= 11 is 0. The standard InChI is InChI=1S/C16H19N3O4/c1-16(2,15(21)22)19-10-12(9-17-19)18-14(20)13(23-3)11-7-5-4-6-8-11/h4-10,13H,1-3H3,(H,18,20)(H,21,22)/t13-/m1/s1. The zero-order valence-electron chi connectivity index (χ0n) is 13.2. The zero-order chi connectivity index (χ0) is 17.0. The summed E-state index contributed by atoms with van der Waals surface area (Å²) in [5.74, 6) is -1.37. The van der Waals surface area contributed by atoms with Crippen LogP contribution in [0.5, 0.6) is 0 Å². The van der Waals surface area contributed by atoms with E-state index in [1.807, 2.05) is 18.2 Å². The fourth-order valence-electron chi connectivity index (χ4n) is 2.02. The van der Waals surface area contributed by atoms with Crippen molar-refractivity contribution in [1.82, 2.24) is 9.78 Å². The number of carbonyl (C=O) groups is 2. The number of benzene rings is 1. The minimum atomic E-state index is -1.21. The van der Waals surface area contributed by atoms with Crippen molar-refractivity contribution in [3.8, 4) is 0 Å². The molecule has 122 valence electrons. The van der Waals surface area contributed by atoms with Crippen molar-refractivity contribution in [2.45, 2.75) is 25.5 Å². The molecule has 1 amide bonds. The Morgan fingerprint density at radius 2 is 1.96 bits per heavy atom. The quantitative estimate of drug-likeness (QED) is 0.850. The molecule has 1 aromatic carbocycles. The minimum Gasteiger partial charge on any atom is -0.479 e. The second-order valence-electron chi connectivity index (χ2n) is 5.55. The van der Waals surface area contributed by atoms with Crippen LogP contribution in [0.1, 0.15) is 25.5 Å². The smallest absolute Gasteiger partial charge is 0.331 e. The predicted molar refractivity (Wildman–Crippen MR) is 84.0 cm³/mol. The van der Waals surface area contributed by atoms with Crippen LogP contribution in [-0.4, -0.2) is 33.9 Å². The fraction of sp³-hybridized carbons (Fsp3) is 0.312. The van der Waals surface area contributed by atoms with Crippen LogP contribution < -0.4 is 5.32 Å². The number of ether oxygens (including phenoxy) is 1. The molecule has 1 aromatic heterocycles. The van der Waals surface area contributed by atoms with Gasteiger partial charge in [0.05, 0.1) is 11.9 Å². The van der Waals surface area contributed by atoms with Crippen LogP contribution in [0.4, 0.5) is 5.69 Å². The van der Waals surface area contributed by atoms with Crippen molar-refractivity contribution in [1.29, 1.82) is 0 Å². The molecule has 0 radical (unpaired) electrons. The van der Waals surface area contributed by atoms with E-state index in [0.717, 1.165) is 5.56 Å². The number of carboxylic acid groups (broad SMARTS) is 1. The third kappa shape index (κ3) is 3.57. The summed E-state index contributed by atoms with van der Waals surface area (Å²) < 4.78 is 6.54. The van der Waals surface area contributed by atoms with Crippen LogP contribution in [0.3, 0.4) is 0 Å². The summed E-state index contributed by atoms with van der Waals surface area (Å²) in [6.07, 6.45) is 2.12. The van der Waals surface area contributed by atoms with Crippen LogP contribution in [-0.2, 0) is 19.9 Å². The number of methoxy groups -OCH3 is 1. The van der Waals surface area contributed by atoms with E-state index in [0.29, 0.717) is 5.69 Å². The second kappa shape index (κ2) is 6.62. The van der Waals surface area contributed by atoms with Gasteiger partial charge in [0.15, 0.2) is 11.6 Å². The number of amides is 1. The van der Waals surface area contributed by atoms with Crippen molar-refractivity contribution >= 4 is 17.6 Å². The van der Waals surface area contributed by atoms with E-state index < -0.39 is 17.6 Å². The van der Waals surface area contributed by atoms with E-state index in [1.54, 1.807) is 12.1 Å². The molecule has 0 saturated heterocycles. The summed E-state index contributed by atoms with van der Waals surface area (Å²) in [4.78, 5) is 23.6. The van der Waals surface area contributed by atoms with Gasteiger partial charge in [-0.25, -0.2) is 4.79 Å². The maximum Gasteiger partial charge on any atom is 0.331 e. The predicted octanol–water partition coefficient (Wildman–Crippen LogP) is 2.03. The monoisotopic (exact) mass is 317 g/mol. The molecule has 7 heteroatoms. The molecule has 2 aromatic rings. The Morgan fingerprint density at radius 1 is 1.30 bits per heavy atom. The van der Waals surface area contributed by atoms with E-state index in [4.69, 9.17) is 4.74 Å². The lowest BCUT2D eigenvalue weighted by Gasteiger charge is -2.19. The zero-order valence-corrected chi connectivity index (χ0v) is 13.2. The van der Waals surface area contributed by atoms with Crippen molar-refractivity contribution < 1.29 is 19.4 Å². The van der Waals surface area contributed by atoms with Gasteiger partial charge in [0, 0.05) is 13.3 Å². The number of hydrogen-bond acceptors (Lipinski definition) is 4. The molecule has 2 N–H and O–H groups in total. The highest BCUT2D eigenvalue weighted by molar-refractivity contribution is 5.94. The number of carboxylic acids is 1. The first kappa shape index (κ1) is 16.7. The number of nitrogens with zero attached hydrogens (tertiary/aromatic N) is 2. The van der Waals surface area contributed by atoms with Gasteiger partial charge in [-0.2, -0.15) is 5.10 Å². The van der Waals surface area contributed by atoms with Gasteiger partial charge in [0.25, 0.3) is 5.91 Å². The molecule has 0 unspecified atom stereocenters. The van der Waals surface area contributed by atoms with Gasteiger partial charge < -0.3 is 15.2 Å². The second-order valence-corrected chi connectivity index (χ2v) is 5.55. The molecular formula is C16H19N3O4. The largest absolute Gasteiger partial charge is 0.479 e. The number of rotatable bonds is 6. The summed E-state index contributed by atoms with van der Waals surface area (Å²) in [5.41, 5.74) is -0.0728. The van der Waals surface area contributed by atoms with Gasteiger partial charge in [-0.3, -0.25) is 9.48 Å². The van der Waals surface area contributed by atoms with Gasteiger partial charge in [0.2, 0.25) is 0 Å². The Bertz CT molecular complexity index is 694. The maximum atomic E-state index is 12.3. The first-order valence-electron chi connectivity index (χ1n) is 7.03. The molecule has 0 aliphatic carbocycles. The molecule has 0 bridgehead atoms. The number of nitrogens with one attached hydrogen (secondary N) is 1. The number of hydrogen-bond donors (Lipinski definition) is 2. The van der Waals surface area contributed by atoms with Crippen LogP contribution in [0.2, 0.25) is 0 Å². The molecule has 7 nitrogen and oxygen atoms in total. The Hall–Kier alpha value is -2.67. The Balaban J connectivity index is 2.14. The van der Waals surface area contributed by atoms with Gasteiger partial charge >= 0.3 is 5.97 Å². The summed E-state index contributed by atoms with van der Waals surface area (Å²) in [6, 6.07) is 9.09. The van der Waals surface area contributed by atoms with Crippen molar-refractivity contribution in [2.24, 2.45) is 0 Å². The van der Waals surface area contributed by atoms with Gasteiger partial charge in [-0.05, 0) is 19.4 Å². The van der Waals surface area contributed by atoms with E-state index in [9.17, 15) is 14.7 Å². The molecule has 0 spiro atoms. The molecule has 0 aliphatic heterocycles. The third-order valence-electron chi connectivity index (χ3n) is 3.52. The van der Waals surface area contributed by atoms with E-state index in [2.05, 4.69) is 10.4 Å². The minimum absolute atomic E-state index is 0.355. The Kier molecular flexibility index (Phi) is 4.80. The molecule has 0 saturated carbocycles. The van der Waals surface area contributed by atoms with E-state index in [-0.39, 0.29) is 5.91 Å². The third-order valence-corrected chi connectivity index (χ3v) is 3.52. The highest BCUT2D eigenvalue weighted by Gasteiger charge is 2.30. The molecule has 1 atom stereocenters. The van der Waals surface area contributed by atoms with Crippen LogP contribution >= 0.6 is 0 Å². The molecule has 0 fully saturated rings. The summed E-state index contributed by atoms with van der Waals surface area (Å²) in [7, 11) is 1.45. The first-order chi connectivity index (χ1) is 10.9. The number of carbonyl (C=O) groups excluding carboxylic acids is 1. The van der Waals surface area contributed by atoms with E-state index in [1.165, 1.54) is 38.0 Å². The maximum absolute atomic E-state index is 12.3. The highest BCUT2D eigenvalue weighted by atomic mass is 16.5. The Morgan fingerprint density at radius 3 is 2.52 bits per heavy atom. The molecule has 0 aliphatic rings. The highest BCUT2D eigenvalue weighted by Crippen LogP contribution is 2.21. The lowest BCUT2D eigenvalue weighted by atomic mass is 10.1.